The van der Waals surface area contributed by atoms with Gasteiger partial charge in [-0.1, -0.05) is 19.1 Å². The van der Waals surface area contributed by atoms with E-state index < -0.39 is 0 Å². The molecule has 8 heteroatoms. The van der Waals surface area contributed by atoms with Gasteiger partial charge in [-0.2, -0.15) is 0 Å². The van der Waals surface area contributed by atoms with E-state index in [1.807, 2.05) is 30.5 Å². The summed E-state index contributed by atoms with van der Waals surface area (Å²) in [6.45, 7) is 7.06. The maximum Gasteiger partial charge on any atom is 0.341 e. The van der Waals surface area contributed by atoms with Gasteiger partial charge >= 0.3 is 5.97 Å². The predicted octanol–water partition coefficient (Wildman–Crippen LogP) is 5.09. The topological polar surface area (TPSA) is 58.6 Å². The highest BCUT2D eigenvalue weighted by atomic mass is 35.5. The molecule has 3 rings (SSSR count). The fraction of sp³-hybridized carbons (Fsp3) is 0.429. The van der Waals surface area contributed by atoms with E-state index in [9.17, 15) is 9.59 Å². The van der Waals surface area contributed by atoms with Crippen molar-refractivity contribution in [3.8, 4) is 0 Å². The van der Waals surface area contributed by atoms with Gasteiger partial charge in [0.25, 0.3) is 5.91 Å². The molecular formula is C21H27ClN2O3S2. The molecule has 1 aromatic carbocycles. The fourth-order valence-corrected chi connectivity index (χ4v) is 5.34. The minimum atomic E-state index is -0.350. The maximum absolute atomic E-state index is 12.9. The Morgan fingerprint density at radius 2 is 2.03 bits per heavy atom. The van der Waals surface area contributed by atoms with E-state index in [-0.39, 0.29) is 24.3 Å². The number of carbonyl (C=O) groups is 2. The van der Waals surface area contributed by atoms with Crippen LogP contribution in [0.2, 0.25) is 0 Å². The zero-order valence-corrected chi connectivity index (χ0v) is 19.4. The summed E-state index contributed by atoms with van der Waals surface area (Å²) in [5.74, 6) is -0.545. The molecule has 0 saturated heterocycles. The van der Waals surface area contributed by atoms with Crippen LogP contribution in [0.4, 0.5) is 5.00 Å². The molecule has 0 radical (unpaired) electrons. The lowest BCUT2D eigenvalue weighted by Crippen LogP contribution is -2.30. The third kappa shape index (κ3) is 5.34. The summed E-state index contributed by atoms with van der Waals surface area (Å²) >= 11 is 3.03. The van der Waals surface area contributed by atoms with Gasteiger partial charge in [0.15, 0.2) is 0 Å². The van der Waals surface area contributed by atoms with Crippen LogP contribution in [0.1, 0.15) is 51.4 Å². The van der Waals surface area contributed by atoms with Crippen LogP contribution < -0.4 is 5.32 Å². The van der Waals surface area contributed by atoms with Gasteiger partial charge in [-0.05, 0) is 50.3 Å². The number of rotatable bonds is 7. The third-order valence-corrected chi connectivity index (χ3v) is 6.66. The zero-order valence-electron chi connectivity index (χ0n) is 16.9. The molecule has 5 nitrogen and oxygen atoms in total. The first-order chi connectivity index (χ1) is 13.6. The molecule has 0 atom stereocenters. The van der Waals surface area contributed by atoms with Crippen LogP contribution in [-0.4, -0.2) is 42.7 Å². The highest BCUT2D eigenvalue weighted by Crippen LogP contribution is 2.38. The number of halogens is 1. The molecule has 1 N–H and O–H groups in total. The van der Waals surface area contributed by atoms with Gasteiger partial charge in [0.05, 0.1) is 17.7 Å². The van der Waals surface area contributed by atoms with Crippen molar-refractivity contribution in [3.05, 3.63) is 45.8 Å². The maximum atomic E-state index is 12.9. The van der Waals surface area contributed by atoms with Gasteiger partial charge in [0.2, 0.25) is 0 Å². The van der Waals surface area contributed by atoms with E-state index >= 15 is 0 Å². The van der Waals surface area contributed by atoms with Crippen molar-refractivity contribution in [2.24, 2.45) is 0 Å². The van der Waals surface area contributed by atoms with E-state index in [0.29, 0.717) is 22.7 Å². The first-order valence-corrected chi connectivity index (χ1v) is 11.6. The summed E-state index contributed by atoms with van der Waals surface area (Å²) in [6, 6.07) is 7.50. The second-order valence-electron chi connectivity index (χ2n) is 6.61. The molecule has 0 aliphatic carbocycles. The average molecular weight is 455 g/mol. The predicted molar refractivity (Wildman–Crippen MR) is 123 cm³/mol. The molecule has 29 heavy (non-hydrogen) atoms. The van der Waals surface area contributed by atoms with Gasteiger partial charge in [0, 0.05) is 22.9 Å². The van der Waals surface area contributed by atoms with Crippen LogP contribution in [0.25, 0.3) is 0 Å². The van der Waals surface area contributed by atoms with E-state index in [1.165, 1.54) is 23.1 Å². The smallest absolute Gasteiger partial charge is 0.341 e. The van der Waals surface area contributed by atoms with E-state index in [2.05, 4.69) is 17.1 Å². The highest BCUT2D eigenvalue weighted by Gasteiger charge is 2.29. The van der Waals surface area contributed by atoms with Crippen molar-refractivity contribution < 1.29 is 14.3 Å². The molecule has 1 aromatic heterocycles. The van der Waals surface area contributed by atoms with Crippen molar-refractivity contribution in [2.45, 2.75) is 38.1 Å². The number of hydrogen-bond donors (Lipinski definition) is 1. The minimum Gasteiger partial charge on any atom is -0.462 e. The van der Waals surface area contributed by atoms with Gasteiger partial charge in [-0.15, -0.1) is 35.5 Å². The van der Waals surface area contributed by atoms with Crippen LogP contribution in [0.5, 0.6) is 0 Å². The Labute approximate surface area is 186 Å². The molecule has 2 aromatic rings. The number of carbonyl (C=O) groups excluding carboxylic acids is 2. The number of nitrogens with zero attached hydrogens (tertiary/aromatic N) is 1. The summed E-state index contributed by atoms with van der Waals surface area (Å²) in [4.78, 5) is 30.0. The van der Waals surface area contributed by atoms with Gasteiger partial charge < -0.3 is 10.1 Å². The molecule has 0 unspecified atom stereocenters. The van der Waals surface area contributed by atoms with Crippen molar-refractivity contribution in [1.29, 1.82) is 0 Å². The Morgan fingerprint density at radius 3 is 2.72 bits per heavy atom. The number of benzene rings is 1. The first kappa shape index (κ1) is 23.7. The highest BCUT2D eigenvalue weighted by molar-refractivity contribution is 7.98. The second kappa shape index (κ2) is 11.0. The minimum absolute atomic E-state index is 0. The van der Waals surface area contributed by atoms with Gasteiger partial charge in [0.1, 0.15) is 5.00 Å². The van der Waals surface area contributed by atoms with Crippen LogP contribution in [-0.2, 0) is 17.7 Å². The van der Waals surface area contributed by atoms with Crippen molar-refractivity contribution >= 4 is 52.4 Å². The van der Waals surface area contributed by atoms with Crippen LogP contribution in [0.3, 0.4) is 0 Å². The number of thiophene rings is 1. The van der Waals surface area contributed by atoms with E-state index in [1.54, 1.807) is 6.92 Å². The normalized spacial score (nSPS) is 13.3. The Morgan fingerprint density at radius 1 is 1.28 bits per heavy atom. The summed E-state index contributed by atoms with van der Waals surface area (Å²) in [5, 5.41) is 3.59. The quantitative estimate of drug-likeness (QED) is 0.466. The lowest BCUT2D eigenvalue weighted by atomic mass is 10.0. The number of esters is 1. The van der Waals surface area contributed by atoms with Crippen molar-refractivity contribution in [1.82, 2.24) is 4.90 Å². The standard InChI is InChI=1S/C21H26N2O3S2.ClH/c1-4-11-23-12-10-14-17(13-23)28-20(18(14)21(25)26-5-2)22-19(24)15-8-6-7-9-16(15)27-3;/h6-9H,4-5,10-13H2,1-3H3,(H,22,24);1H. The molecule has 0 saturated carbocycles. The number of nitrogens with one attached hydrogen (secondary N) is 1. The van der Waals surface area contributed by atoms with E-state index in [0.717, 1.165) is 47.8 Å². The Hall–Kier alpha value is -1.54. The number of ether oxygens (including phenoxy) is 1. The molecule has 1 aliphatic heterocycles. The van der Waals surface area contributed by atoms with Crippen LogP contribution in [0.15, 0.2) is 29.2 Å². The lowest BCUT2D eigenvalue weighted by molar-refractivity contribution is 0.0526. The number of thioether (sulfide) groups is 1. The number of hydrogen-bond acceptors (Lipinski definition) is 6. The third-order valence-electron chi connectivity index (χ3n) is 4.73. The second-order valence-corrected chi connectivity index (χ2v) is 8.56. The van der Waals surface area contributed by atoms with Crippen LogP contribution in [0, 0.1) is 0 Å². The van der Waals surface area contributed by atoms with E-state index in [4.69, 9.17) is 4.74 Å². The van der Waals surface area contributed by atoms with Crippen molar-refractivity contribution in [3.63, 3.8) is 0 Å². The summed E-state index contributed by atoms with van der Waals surface area (Å²) in [7, 11) is 0. The lowest BCUT2D eigenvalue weighted by Gasteiger charge is -2.26. The molecule has 0 fully saturated rings. The number of anilines is 1. The summed E-state index contributed by atoms with van der Waals surface area (Å²) in [5.41, 5.74) is 2.18. The first-order valence-electron chi connectivity index (χ1n) is 9.57. The monoisotopic (exact) mass is 454 g/mol. The Kier molecular flexibility index (Phi) is 9.02. The molecular weight excluding hydrogens is 428 g/mol. The van der Waals surface area contributed by atoms with Crippen LogP contribution >= 0.6 is 35.5 Å². The molecule has 158 valence electrons. The van der Waals surface area contributed by atoms with Gasteiger partial charge in [-0.3, -0.25) is 9.69 Å². The number of amides is 1. The molecule has 0 spiro atoms. The number of fused-ring (bicyclic) bond motifs is 1. The SMILES string of the molecule is CCCN1CCc2c(sc(NC(=O)c3ccccc3SC)c2C(=O)OCC)C1.Cl. The summed E-state index contributed by atoms with van der Waals surface area (Å²) in [6.07, 6.45) is 3.85. The molecule has 1 amide bonds. The zero-order chi connectivity index (χ0) is 20.1. The molecule has 2 heterocycles. The Balaban J connectivity index is 0.00000300. The van der Waals surface area contributed by atoms with Gasteiger partial charge in [-0.25, -0.2) is 4.79 Å². The van der Waals surface area contributed by atoms with Crippen molar-refractivity contribution in [2.75, 3.05) is 31.3 Å². The molecule has 1 aliphatic rings. The largest absolute Gasteiger partial charge is 0.462 e. The average Bonchev–Trinajstić information content (AvgIpc) is 3.05. The summed E-state index contributed by atoms with van der Waals surface area (Å²) < 4.78 is 5.30. The fourth-order valence-electron chi connectivity index (χ4n) is 3.47. The molecule has 0 bridgehead atoms. The Bertz CT molecular complexity index is 870.